The van der Waals surface area contributed by atoms with Crippen LogP contribution in [0.5, 0.6) is 5.75 Å². The van der Waals surface area contributed by atoms with Crippen LogP contribution in [0.1, 0.15) is 35.7 Å². The molecule has 1 fully saturated rings. The molecule has 0 aliphatic carbocycles. The molecule has 2 aromatic rings. The summed E-state index contributed by atoms with van der Waals surface area (Å²) in [6, 6.07) is 17.1. The molecule has 0 saturated carbocycles. The van der Waals surface area contributed by atoms with E-state index < -0.39 is 0 Å². The highest BCUT2D eigenvalue weighted by Crippen LogP contribution is 2.25. The van der Waals surface area contributed by atoms with Gasteiger partial charge in [-0.25, -0.2) is 0 Å². The molecule has 1 atom stereocenters. The number of carbonyl (C=O) groups is 2. The summed E-state index contributed by atoms with van der Waals surface area (Å²) in [6.07, 6.45) is 1.55. The van der Waals surface area contributed by atoms with Crippen LogP contribution >= 0.6 is 0 Å². The number of likely N-dealkylation sites (tertiary alicyclic amines) is 1. The molecule has 0 bridgehead atoms. The summed E-state index contributed by atoms with van der Waals surface area (Å²) in [5.41, 5.74) is 1.57. The first-order valence-corrected chi connectivity index (χ1v) is 9.40. The Kier molecular flexibility index (Phi) is 6.47. The van der Waals surface area contributed by atoms with Gasteiger partial charge in [-0.3, -0.25) is 9.59 Å². The quantitative estimate of drug-likeness (QED) is 0.731. The van der Waals surface area contributed by atoms with E-state index in [4.69, 9.17) is 9.47 Å². The number of benzene rings is 2. The largest absolute Gasteiger partial charge is 0.488 e. The van der Waals surface area contributed by atoms with Crippen molar-refractivity contribution in [3.05, 3.63) is 65.7 Å². The fraction of sp³-hybridized carbons (Fsp3) is 0.364. The van der Waals surface area contributed by atoms with Crippen molar-refractivity contribution < 1.29 is 19.1 Å². The summed E-state index contributed by atoms with van der Waals surface area (Å²) in [5, 5.41) is 0. The molecule has 1 aliphatic rings. The van der Waals surface area contributed by atoms with Crippen molar-refractivity contribution in [3.8, 4) is 5.75 Å². The van der Waals surface area contributed by atoms with Crippen molar-refractivity contribution in [1.29, 1.82) is 0 Å². The van der Waals surface area contributed by atoms with Gasteiger partial charge < -0.3 is 14.4 Å². The van der Waals surface area contributed by atoms with E-state index in [1.54, 1.807) is 17.9 Å². The molecule has 142 valence electrons. The summed E-state index contributed by atoms with van der Waals surface area (Å²) in [6.45, 7) is 3.59. The smallest absolute Gasteiger partial charge is 0.310 e. The van der Waals surface area contributed by atoms with Gasteiger partial charge in [-0.15, -0.1) is 0 Å². The zero-order chi connectivity index (χ0) is 19.1. The Morgan fingerprint density at radius 1 is 1.07 bits per heavy atom. The Bertz CT molecular complexity index is 775. The van der Waals surface area contributed by atoms with Gasteiger partial charge in [-0.2, -0.15) is 0 Å². The number of hydrogen-bond acceptors (Lipinski definition) is 4. The minimum absolute atomic E-state index is 0.104. The van der Waals surface area contributed by atoms with Gasteiger partial charge in [0.15, 0.2) is 0 Å². The van der Waals surface area contributed by atoms with Gasteiger partial charge in [0.1, 0.15) is 12.4 Å². The predicted octanol–water partition coefficient (Wildman–Crippen LogP) is 3.68. The normalized spacial score (nSPS) is 16.6. The summed E-state index contributed by atoms with van der Waals surface area (Å²) < 4.78 is 11.0. The summed E-state index contributed by atoms with van der Waals surface area (Å²) in [5.74, 6) is -0.0130. The number of para-hydroxylation sites is 1. The van der Waals surface area contributed by atoms with Gasteiger partial charge in [0.05, 0.1) is 18.1 Å². The third kappa shape index (κ3) is 4.88. The molecular formula is C22H25NO4. The first-order valence-electron chi connectivity index (χ1n) is 9.40. The number of hydrogen-bond donors (Lipinski definition) is 0. The molecule has 5 nitrogen and oxygen atoms in total. The standard InChI is InChI=1S/C22H25NO4/c1-2-26-22(25)18-11-8-14-23(15-18)21(24)19-12-6-7-13-20(19)27-16-17-9-4-3-5-10-17/h3-7,9-10,12-13,18H,2,8,11,14-16H2,1H3/t18-/m0/s1. The zero-order valence-corrected chi connectivity index (χ0v) is 15.6. The lowest BCUT2D eigenvalue weighted by molar-refractivity contribution is -0.149. The van der Waals surface area contributed by atoms with Gasteiger partial charge in [-0.05, 0) is 37.5 Å². The third-order valence-corrected chi connectivity index (χ3v) is 4.68. The van der Waals surface area contributed by atoms with Crippen LogP contribution in [-0.2, 0) is 16.1 Å². The summed E-state index contributed by atoms with van der Waals surface area (Å²) in [4.78, 5) is 26.8. The topological polar surface area (TPSA) is 55.8 Å². The van der Waals surface area contributed by atoms with Crippen LogP contribution in [0.2, 0.25) is 0 Å². The fourth-order valence-electron chi connectivity index (χ4n) is 3.29. The molecule has 0 spiro atoms. The molecule has 3 rings (SSSR count). The van der Waals surface area contributed by atoms with E-state index in [9.17, 15) is 9.59 Å². The van der Waals surface area contributed by atoms with Crippen LogP contribution in [0.15, 0.2) is 54.6 Å². The maximum atomic E-state index is 13.1. The number of rotatable bonds is 6. The lowest BCUT2D eigenvalue weighted by Crippen LogP contribution is -2.42. The molecule has 5 heteroatoms. The minimum Gasteiger partial charge on any atom is -0.488 e. The second-order valence-electron chi connectivity index (χ2n) is 6.61. The first kappa shape index (κ1) is 19.0. The minimum atomic E-state index is -0.250. The Morgan fingerprint density at radius 3 is 2.59 bits per heavy atom. The monoisotopic (exact) mass is 367 g/mol. The molecule has 0 radical (unpaired) electrons. The maximum Gasteiger partial charge on any atom is 0.310 e. The van der Waals surface area contributed by atoms with Crippen molar-refractivity contribution in [1.82, 2.24) is 4.90 Å². The molecule has 1 amide bonds. The molecule has 27 heavy (non-hydrogen) atoms. The van der Waals surface area contributed by atoms with E-state index >= 15 is 0 Å². The van der Waals surface area contributed by atoms with E-state index in [-0.39, 0.29) is 17.8 Å². The summed E-state index contributed by atoms with van der Waals surface area (Å²) in [7, 11) is 0. The first-order chi connectivity index (χ1) is 13.2. The highest BCUT2D eigenvalue weighted by atomic mass is 16.5. The van der Waals surface area contributed by atoms with E-state index in [0.29, 0.717) is 37.6 Å². The van der Waals surface area contributed by atoms with Crippen LogP contribution in [-0.4, -0.2) is 36.5 Å². The number of amides is 1. The molecule has 1 heterocycles. The SMILES string of the molecule is CCOC(=O)[C@H]1CCCN(C(=O)c2ccccc2OCc2ccccc2)C1. The highest BCUT2D eigenvalue weighted by Gasteiger charge is 2.30. The molecule has 0 unspecified atom stereocenters. The van der Waals surface area contributed by atoms with Gasteiger partial charge in [0.25, 0.3) is 5.91 Å². The van der Waals surface area contributed by atoms with Crippen LogP contribution in [0.3, 0.4) is 0 Å². The molecule has 0 N–H and O–H groups in total. The van der Waals surface area contributed by atoms with Gasteiger partial charge >= 0.3 is 5.97 Å². The van der Waals surface area contributed by atoms with Crippen LogP contribution in [0, 0.1) is 5.92 Å². The molecule has 1 aliphatic heterocycles. The number of piperidine rings is 1. The second-order valence-corrected chi connectivity index (χ2v) is 6.61. The van der Waals surface area contributed by atoms with E-state index in [2.05, 4.69) is 0 Å². The number of carbonyl (C=O) groups excluding carboxylic acids is 2. The Balaban J connectivity index is 1.70. The van der Waals surface area contributed by atoms with Gasteiger partial charge in [0.2, 0.25) is 0 Å². The van der Waals surface area contributed by atoms with Crippen LogP contribution < -0.4 is 4.74 Å². The van der Waals surface area contributed by atoms with Crippen molar-refractivity contribution in [3.63, 3.8) is 0 Å². The predicted molar refractivity (Wildman–Crippen MR) is 102 cm³/mol. The fourth-order valence-corrected chi connectivity index (χ4v) is 3.29. The molecule has 1 saturated heterocycles. The number of esters is 1. The van der Waals surface area contributed by atoms with Gasteiger partial charge in [-0.1, -0.05) is 42.5 Å². The Labute approximate surface area is 159 Å². The molecule has 0 aromatic heterocycles. The van der Waals surface area contributed by atoms with Crippen LogP contribution in [0.25, 0.3) is 0 Å². The van der Waals surface area contributed by atoms with E-state index in [1.807, 2.05) is 48.5 Å². The zero-order valence-electron chi connectivity index (χ0n) is 15.6. The van der Waals surface area contributed by atoms with E-state index in [1.165, 1.54) is 0 Å². The summed E-state index contributed by atoms with van der Waals surface area (Å²) >= 11 is 0. The van der Waals surface area contributed by atoms with Gasteiger partial charge in [0, 0.05) is 13.1 Å². The Morgan fingerprint density at radius 2 is 1.81 bits per heavy atom. The lowest BCUT2D eigenvalue weighted by atomic mass is 9.97. The average Bonchev–Trinajstić information content (AvgIpc) is 2.73. The van der Waals surface area contributed by atoms with E-state index in [0.717, 1.165) is 18.4 Å². The highest BCUT2D eigenvalue weighted by molar-refractivity contribution is 5.97. The average molecular weight is 367 g/mol. The van der Waals surface area contributed by atoms with Crippen molar-refractivity contribution >= 4 is 11.9 Å². The second kappa shape index (κ2) is 9.21. The molecule has 2 aromatic carbocycles. The Hall–Kier alpha value is -2.82. The maximum absolute atomic E-state index is 13.1. The van der Waals surface area contributed by atoms with Crippen molar-refractivity contribution in [2.75, 3.05) is 19.7 Å². The van der Waals surface area contributed by atoms with Crippen molar-refractivity contribution in [2.45, 2.75) is 26.4 Å². The number of ether oxygens (including phenoxy) is 2. The third-order valence-electron chi connectivity index (χ3n) is 4.68. The molecular weight excluding hydrogens is 342 g/mol. The number of nitrogens with zero attached hydrogens (tertiary/aromatic N) is 1. The lowest BCUT2D eigenvalue weighted by Gasteiger charge is -2.32. The van der Waals surface area contributed by atoms with Crippen LogP contribution in [0.4, 0.5) is 0 Å². The van der Waals surface area contributed by atoms with Crippen molar-refractivity contribution in [2.24, 2.45) is 5.92 Å².